The molecule has 3 heteroatoms. The smallest absolute Gasteiger partial charge is 0.0332 e. The van der Waals surface area contributed by atoms with Gasteiger partial charge in [-0.3, -0.25) is 4.90 Å². The van der Waals surface area contributed by atoms with Crippen molar-refractivity contribution >= 4 is 11.3 Å². The third kappa shape index (κ3) is 3.20. The van der Waals surface area contributed by atoms with Gasteiger partial charge in [-0.15, -0.1) is 11.3 Å². The van der Waals surface area contributed by atoms with Gasteiger partial charge >= 0.3 is 0 Å². The minimum atomic E-state index is 0.423. The van der Waals surface area contributed by atoms with Gasteiger partial charge in [-0.05, 0) is 44.2 Å². The lowest BCUT2D eigenvalue weighted by molar-refractivity contribution is 0.0515. The molecule has 1 unspecified atom stereocenters. The number of nitrogens with one attached hydrogen (secondary N) is 1. The molecule has 0 aromatic carbocycles. The fourth-order valence-corrected chi connectivity index (χ4v) is 5.24. The van der Waals surface area contributed by atoms with Crippen molar-refractivity contribution in [2.24, 2.45) is 5.92 Å². The van der Waals surface area contributed by atoms with Crippen LogP contribution in [0.3, 0.4) is 0 Å². The van der Waals surface area contributed by atoms with Gasteiger partial charge in [0.2, 0.25) is 0 Å². The van der Waals surface area contributed by atoms with E-state index in [1.165, 1.54) is 49.2 Å². The Morgan fingerprint density at radius 2 is 2.05 bits per heavy atom. The average Bonchev–Trinajstić information content (AvgIpc) is 2.98. The molecule has 1 spiro atoms. The zero-order valence-corrected chi connectivity index (χ0v) is 14.9. The van der Waals surface area contributed by atoms with E-state index in [1.807, 2.05) is 11.3 Å². The number of hydrogen-bond donors (Lipinski definition) is 1. The van der Waals surface area contributed by atoms with E-state index in [-0.39, 0.29) is 0 Å². The molecular weight excluding hydrogens is 276 g/mol. The van der Waals surface area contributed by atoms with Gasteiger partial charge in [-0.25, -0.2) is 0 Å². The molecule has 3 rings (SSSR count). The monoisotopic (exact) mass is 306 g/mol. The summed E-state index contributed by atoms with van der Waals surface area (Å²) in [5.74, 6) is 0.721. The second-order valence-electron chi connectivity index (χ2n) is 7.54. The quantitative estimate of drug-likeness (QED) is 0.904. The first kappa shape index (κ1) is 15.5. The van der Waals surface area contributed by atoms with E-state index in [0.717, 1.165) is 12.5 Å². The minimum absolute atomic E-state index is 0.423. The Labute approximate surface area is 133 Å². The van der Waals surface area contributed by atoms with Crippen LogP contribution >= 0.6 is 11.3 Å². The molecule has 2 aliphatic rings. The predicted molar refractivity (Wildman–Crippen MR) is 92.0 cm³/mol. The lowest BCUT2D eigenvalue weighted by Crippen LogP contribution is -2.63. The molecule has 2 fully saturated rings. The molecule has 1 saturated heterocycles. The average molecular weight is 307 g/mol. The summed E-state index contributed by atoms with van der Waals surface area (Å²) in [6.07, 6.45) is 5.56. The summed E-state index contributed by atoms with van der Waals surface area (Å²) in [4.78, 5) is 5.81. The second-order valence-corrected chi connectivity index (χ2v) is 8.88. The maximum Gasteiger partial charge on any atom is 0.0332 e. The maximum atomic E-state index is 3.92. The number of nitrogens with zero attached hydrogens (tertiary/aromatic N) is 1. The summed E-state index contributed by atoms with van der Waals surface area (Å²) < 4.78 is 0. The molecular formula is C18H30N2S. The van der Waals surface area contributed by atoms with Crippen molar-refractivity contribution in [3.8, 4) is 0 Å². The van der Waals surface area contributed by atoms with Gasteiger partial charge in [0.15, 0.2) is 0 Å². The van der Waals surface area contributed by atoms with Gasteiger partial charge in [0, 0.05) is 41.0 Å². The number of piperazine rings is 1. The van der Waals surface area contributed by atoms with Crippen LogP contribution in [0.25, 0.3) is 0 Å². The molecule has 1 aliphatic carbocycles. The Morgan fingerprint density at radius 3 is 2.62 bits per heavy atom. The van der Waals surface area contributed by atoms with Crippen LogP contribution in [0.4, 0.5) is 0 Å². The number of hydrogen-bond acceptors (Lipinski definition) is 3. The number of thiophene rings is 1. The highest BCUT2D eigenvalue weighted by Crippen LogP contribution is 2.35. The SMILES string of the molecule is Cc1cc(CN2CC3(CCCC3)NCC2C(C)C)sc1C. The van der Waals surface area contributed by atoms with Crippen molar-refractivity contribution in [1.82, 2.24) is 10.2 Å². The van der Waals surface area contributed by atoms with E-state index in [1.54, 1.807) is 4.88 Å². The van der Waals surface area contributed by atoms with Crippen LogP contribution in [-0.4, -0.2) is 29.6 Å². The number of rotatable bonds is 3. The van der Waals surface area contributed by atoms with Crippen molar-refractivity contribution < 1.29 is 0 Å². The van der Waals surface area contributed by atoms with E-state index < -0.39 is 0 Å². The molecule has 0 amide bonds. The first-order chi connectivity index (χ1) is 9.99. The molecule has 1 saturated carbocycles. The molecule has 118 valence electrons. The maximum absolute atomic E-state index is 3.92. The largest absolute Gasteiger partial charge is 0.308 e. The van der Waals surface area contributed by atoms with E-state index in [0.29, 0.717) is 11.6 Å². The molecule has 1 N–H and O–H groups in total. The highest BCUT2D eigenvalue weighted by molar-refractivity contribution is 7.12. The van der Waals surface area contributed by atoms with Crippen LogP contribution in [0, 0.1) is 19.8 Å². The molecule has 1 aromatic rings. The standard InChI is InChI=1S/C18H30N2S/c1-13(2)17-10-19-18(7-5-6-8-18)12-20(17)11-16-9-14(3)15(4)21-16/h9,13,17,19H,5-8,10-12H2,1-4H3. The van der Waals surface area contributed by atoms with E-state index in [9.17, 15) is 0 Å². The van der Waals surface area contributed by atoms with Crippen LogP contribution in [-0.2, 0) is 6.54 Å². The van der Waals surface area contributed by atoms with Crippen LogP contribution < -0.4 is 5.32 Å². The topological polar surface area (TPSA) is 15.3 Å². The summed E-state index contributed by atoms with van der Waals surface area (Å²) >= 11 is 1.99. The van der Waals surface area contributed by atoms with Crippen molar-refractivity contribution in [3.63, 3.8) is 0 Å². The first-order valence-corrected chi connectivity index (χ1v) is 9.36. The highest BCUT2D eigenvalue weighted by atomic mass is 32.1. The van der Waals surface area contributed by atoms with Gasteiger partial charge in [-0.1, -0.05) is 26.7 Å². The Hall–Kier alpha value is -0.380. The molecule has 21 heavy (non-hydrogen) atoms. The lowest BCUT2D eigenvalue weighted by atomic mass is 9.89. The zero-order chi connectivity index (χ0) is 15.0. The highest BCUT2D eigenvalue weighted by Gasteiger charge is 2.41. The fourth-order valence-electron chi connectivity index (χ4n) is 4.16. The summed E-state index contributed by atoms with van der Waals surface area (Å²) in [5, 5.41) is 3.92. The third-order valence-corrected chi connectivity index (χ3v) is 6.70. The van der Waals surface area contributed by atoms with Gasteiger partial charge in [0.25, 0.3) is 0 Å². The van der Waals surface area contributed by atoms with E-state index in [2.05, 4.69) is 44.0 Å². The van der Waals surface area contributed by atoms with Crippen molar-refractivity contribution in [2.45, 2.75) is 71.5 Å². The molecule has 0 bridgehead atoms. The molecule has 0 radical (unpaired) electrons. The second kappa shape index (κ2) is 6.02. The molecule has 2 nitrogen and oxygen atoms in total. The van der Waals surface area contributed by atoms with Crippen molar-refractivity contribution in [3.05, 3.63) is 21.4 Å². The molecule has 1 aliphatic heterocycles. The normalized spacial score (nSPS) is 26.0. The van der Waals surface area contributed by atoms with Crippen molar-refractivity contribution in [2.75, 3.05) is 13.1 Å². The lowest BCUT2D eigenvalue weighted by Gasteiger charge is -2.47. The van der Waals surface area contributed by atoms with Gasteiger partial charge in [0.05, 0.1) is 0 Å². The zero-order valence-electron chi connectivity index (χ0n) is 14.0. The van der Waals surface area contributed by atoms with Crippen LogP contribution in [0.1, 0.15) is 54.8 Å². The van der Waals surface area contributed by atoms with Crippen LogP contribution in [0.15, 0.2) is 6.07 Å². The fraction of sp³-hybridized carbons (Fsp3) is 0.778. The molecule has 2 heterocycles. The van der Waals surface area contributed by atoms with Crippen LogP contribution in [0.2, 0.25) is 0 Å². The Kier molecular flexibility index (Phi) is 4.45. The Bertz CT molecular complexity index is 466. The van der Waals surface area contributed by atoms with E-state index in [4.69, 9.17) is 0 Å². The summed E-state index contributed by atoms with van der Waals surface area (Å²) in [5.41, 5.74) is 1.88. The molecule has 1 atom stereocenters. The van der Waals surface area contributed by atoms with E-state index >= 15 is 0 Å². The number of aryl methyl sites for hydroxylation is 2. The Morgan fingerprint density at radius 1 is 1.33 bits per heavy atom. The summed E-state index contributed by atoms with van der Waals surface area (Å²) in [7, 11) is 0. The van der Waals surface area contributed by atoms with Gasteiger partial charge < -0.3 is 5.32 Å². The van der Waals surface area contributed by atoms with Crippen LogP contribution in [0.5, 0.6) is 0 Å². The summed E-state index contributed by atoms with van der Waals surface area (Å²) in [6.45, 7) is 12.8. The third-order valence-electron chi connectivity index (χ3n) is 5.57. The minimum Gasteiger partial charge on any atom is -0.308 e. The molecule has 1 aromatic heterocycles. The van der Waals surface area contributed by atoms with Crippen molar-refractivity contribution in [1.29, 1.82) is 0 Å². The van der Waals surface area contributed by atoms with Gasteiger partial charge in [0.1, 0.15) is 0 Å². The van der Waals surface area contributed by atoms with Gasteiger partial charge in [-0.2, -0.15) is 0 Å². The summed E-state index contributed by atoms with van der Waals surface area (Å²) in [6, 6.07) is 3.08. The predicted octanol–water partition coefficient (Wildman–Crippen LogP) is 4.11. The first-order valence-electron chi connectivity index (χ1n) is 8.54. The Balaban J connectivity index is 1.76.